The predicted molar refractivity (Wildman–Crippen MR) is 108 cm³/mol. The molecule has 9 heteroatoms. The largest absolute Gasteiger partial charge is 0.379 e. The van der Waals surface area contributed by atoms with Gasteiger partial charge < -0.3 is 10.1 Å². The molecule has 2 aromatic carbocycles. The molecule has 1 amide bonds. The zero-order valence-corrected chi connectivity index (χ0v) is 16.8. The Morgan fingerprint density at radius 1 is 1.18 bits per heavy atom. The molecule has 4 rings (SSSR count). The van der Waals surface area contributed by atoms with Crippen molar-refractivity contribution in [2.45, 2.75) is 11.8 Å². The van der Waals surface area contributed by atoms with Crippen LogP contribution in [0.5, 0.6) is 0 Å². The minimum atomic E-state index is -3.78. The Morgan fingerprint density at radius 2 is 1.93 bits per heavy atom. The first-order valence-electron chi connectivity index (χ1n) is 8.80. The molecule has 0 saturated carbocycles. The number of rotatable bonds is 4. The topological polar surface area (TPSA) is 88.6 Å². The highest BCUT2D eigenvalue weighted by atomic mass is 32.2. The van der Waals surface area contributed by atoms with Crippen molar-refractivity contribution in [3.8, 4) is 0 Å². The Bertz CT molecular complexity index is 1140. The first-order chi connectivity index (χ1) is 13.4. The molecule has 28 heavy (non-hydrogen) atoms. The normalized spacial score (nSPS) is 15.6. The average Bonchev–Trinajstić information content (AvgIpc) is 3.08. The number of sulfonamides is 1. The van der Waals surface area contributed by atoms with E-state index < -0.39 is 15.9 Å². The van der Waals surface area contributed by atoms with Crippen molar-refractivity contribution in [3.05, 3.63) is 53.0 Å². The van der Waals surface area contributed by atoms with Gasteiger partial charge in [0.25, 0.3) is 5.91 Å². The minimum Gasteiger partial charge on any atom is -0.379 e. The molecule has 7 nitrogen and oxygen atoms in total. The number of carbonyl (C=O) groups is 1. The third-order valence-electron chi connectivity index (χ3n) is 4.47. The Hall–Kier alpha value is -2.33. The van der Waals surface area contributed by atoms with Gasteiger partial charge in [0, 0.05) is 18.8 Å². The lowest BCUT2D eigenvalue weighted by molar-refractivity contribution is 0.0730. The Labute approximate surface area is 167 Å². The van der Waals surface area contributed by atoms with E-state index in [4.69, 9.17) is 4.74 Å². The second kappa shape index (κ2) is 7.59. The van der Waals surface area contributed by atoms with Gasteiger partial charge in [-0.1, -0.05) is 12.1 Å². The molecule has 1 fully saturated rings. The van der Waals surface area contributed by atoms with Crippen molar-refractivity contribution in [2.24, 2.45) is 0 Å². The van der Waals surface area contributed by atoms with E-state index in [1.807, 2.05) is 19.1 Å². The summed E-state index contributed by atoms with van der Waals surface area (Å²) in [4.78, 5) is 17.3. The van der Waals surface area contributed by atoms with Crippen LogP contribution >= 0.6 is 11.3 Å². The van der Waals surface area contributed by atoms with E-state index in [0.717, 1.165) is 15.2 Å². The molecule has 0 bridgehead atoms. The van der Waals surface area contributed by atoms with Gasteiger partial charge in [0.05, 0.1) is 38.9 Å². The van der Waals surface area contributed by atoms with Gasteiger partial charge in [0.15, 0.2) is 0 Å². The van der Waals surface area contributed by atoms with Crippen molar-refractivity contribution in [1.82, 2.24) is 9.29 Å². The number of amides is 1. The van der Waals surface area contributed by atoms with Crippen molar-refractivity contribution in [3.63, 3.8) is 0 Å². The molecule has 146 valence electrons. The minimum absolute atomic E-state index is 0.00381. The maximum atomic E-state index is 13.0. The molecule has 0 radical (unpaired) electrons. The molecule has 0 atom stereocenters. The van der Waals surface area contributed by atoms with Gasteiger partial charge in [0.2, 0.25) is 10.0 Å². The summed E-state index contributed by atoms with van der Waals surface area (Å²) in [5.41, 5.74) is 1.59. The summed E-state index contributed by atoms with van der Waals surface area (Å²) < 4.78 is 33.6. The van der Waals surface area contributed by atoms with Crippen molar-refractivity contribution >= 4 is 43.2 Å². The van der Waals surface area contributed by atoms with Gasteiger partial charge in [-0.05, 0) is 37.3 Å². The first kappa shape index (κ1) is 19.0. The fourth-order valence-electron chi connectivity index (χ4n) is 3.12. The van der Waals surface area contributed by atoms with E-state index in [2.05, 4.69) is 10.3 Å². The molecule has 1 N–H and O–H groups in total. The van der Waals surface area contributed by atoms with Crippen LogP contribution in [0, 0.1) is 6.92 Å². The van der Waals surface area contributed by atoms with Crippen LogP contribution in [-0.2, 0) is 14.8 Å². The number of nitrogens with one attached hydrogen (secondary N) is 1. The molecule has 3 aromatic rings. The number of fused-ring (bicyclic) bond motifs is 1. The van der Waals surface area contributed by atoms with Crippen molar-refractivity contribution < 1.29 is 17.9 Å². The fourth-order valence-corrected chi connectivity index (χ4v) is 5.58. The van der Waals surface area contributed by atoms with E-state index >= 15 is 0 Å². The van der Waals surface area contributed by atoms with Crippen LogP contribution in [0.2, 0.25) is 0 Å². The summed E-state index contributed by atoms with van der Waals surface area (Å²) in [6.45, 7) is 3.18. The Balaban J connectivity index is 1.64. The molecule has 1 aliphatic rings. The lowest BCUT2D eigenvalue weighted by atomic mass is 10.2. The molecule has 0 unspecified atom stereocenters. The van der Waals surface area contributed by atoms with Crippen molar-refractivity contribution in [2.75, 3.05) is 31.6 Å². The number of aryl methyl sites for hydroxylation is 1. The molecular formula is C19H19N3O4S2. The van der Waals surface area contributed by atoms with Gasteiger partial charge in [0.1, 0.15) is 0 Å². The highest BCUT2D eigenvalue weighted by molar-refractivity contribution is 7.89. The van der Waals surface area contributed by atoms with Crippen molar-refractivity contribution in [1.29, 1.82) is 0 Å². The SMILES string of the molecule is Cc1nc2ccc(NC(=O)c3ccccc3S(=O)(=O)N3CCOCC3)cc2s1. The first-order valence-corrected chi connectivity index (χ1v) is 11.1. The Kier molecular flexibility index (Phi) is 5.15. The number of benzene rings is 2. The number of ether oxygens (including phenoxy) is 1. The average molecular weight is 418 g/mol. The van der Waals surface area contributed by atoms with Gasteiger partial charge in [-0.15, -0.1) is 11.3 Å². The maximum Gasteiger partial charge on any atom is 0.257 e. The van der Waals surface area contributed by atoms with E-state index in [-0.39, 0.29) is 23.5 Å². The van der Waals surface area contributed by atoms with E-state index in [0.29, 0.717) is 18.9 Å². The van der Waals surface area contributed by atoms with Gasteiger partial charge in [-0.3, -0.25) is 4.79 Å². The van der Waals surface area contributed by atoms with Crippen LogP contribution < -0.4 is 5.32 Å². The standard InChI is InChI=1S/C19H19N3O4S2/c1-13-20-16-7-6-14(12-17(16)27-13)21-19(23)15-4-2-3-5-18(15)28(24,25)22-8-10-26-11-9-22/h2-7,12H,8-11H2,1H3,(H,21,23). The summed E-state index contributed by atoms with van der Waals surface area (Å²) in [5.74, 6) is -0.465. The summed E-state index contributed by atoms with van der Waals surface area (Å²) >= 11 is 1.54. The summed E-state index contributed by atoms with van der Waals surface area (Å²) in [6.07, 6.45) is 0. The Morgan fingerprint density at radius 3 is 2.71 bits per heavy atom. The molecule has 1 aliphatic heterocycles. The molecule has 0 aliphatic carbocycles. The number of hydrogen-bond donors (Lipinski definition) is 1. The summed E-state index contributed by atoms with van der Waals surface area (Å²) in [7, 11) is -3.78. The second-order valence-corrected chi connectivity index (χ2v) is 9.52. The third-order valence-corrected chi connectivity index (χ3v) is 7.36. The third kappa shape index (κ3) is 3.66. The number of anilines is 1. The predicted octanol–water partition coefficient (Wildman–Crippen LogP) is 2.88. The van der Waals surface area contributed by atoms with Crippen LogP contribution in [0.15, 0.2) is 47.4 Å². The highest BCUT2D eigenvalue weighted by Crippen LogP contribution is 2.26. The zero-order valence-electron chi connectivity index (χ0n) is 15.2. The number of morpholine rings is 1. The maximum absolute atomic E-state index is 13.0. The quantitative estimate of drug-likeness (QED) is 0.705. The second-order valence-electron chi connectivity index (χ2n) is 6.38. The van der Waals surface area contributed by atoms with Crippen LogP contribution in [0.1, 0.15) is 15.4 Å². The monoisotopic (exact) mass is 417 g/mol. The molecule has 2 heterocycles. The number of nitrogens with zero attached hydrogens (tertiary/aromatic N) is 2. The van der Waals surface area contributed by atoms with Crippen LogP contribution in [0.3, 0.4) is 0 Å². The van der Waals surface area contributed by atoms with Gasteiger partial charge in [-0.2, -0.15) is 4.31 Å². The number of aromatic nitrogens is 1. The molecule has 1 saturated heterocycles. The van der Waals surface area contributed by atoms with Crippen LogP contribution in [-0.4, -0.2) is 49.9 Å². The fraction of sp³-hybridized carbons (Fsp3) is 0.263. The highest BCUT2D eigenvalue weighted by Gasteiger charge is 2.30. The molecule has 0 spiro atoms. The molecular weight excluding hydrogens is 398 g/mol. The summed E-state index contributed by atoms with van der Waals surface area (Å²) in [6, 6.07) is 11.7. The summed E-state index contributed by atoms with van der Waals surface area (Å²) in [5, 5.41) is 3.75. The molecule has 1 aromatic heterocycles. The lowest BCUT2D eigenvalue weighted by Crippen LogP contribution is -2.41. The van der Waals surface area contributed by atoms with E-state index in [9.17, 15) is 13.2 Å². The zero-order chi connectivity index (χ0) is 19.7. The lowest BCUT2D eigenvalue weighted by Gasteiger charge is -2.26. The smallest absolute Gasteiger partial charge is 0.257 e. The van der Waals surface area contributed by atoms with Crippen LogP contribution in [0.4, 0.5) is 5.69 Å². The van der Waals surface area contributed by atoms with E-state index in [1.165, 1.54) is 27.8 Å². The van der Waals surface area contributed by atoms with Gasteiger partial charge in [-0.25, -0.2) is 13.4 Å². The van der Waals surface area contributed by atoms with Crippen LogP contribution in [0.25, 0.3) is 10.2 Å². The van der Waals surface area contributed by atoms with Gasteiger partial charge >= 0.3 is 0 Å². The number of hydrogen-bond acceptors (Lipinski definition) is 6. The number of thiazole rings is 1. The number of carbonyl (C=O) groups excluding carboxylic acids is 1. The van der Waals surface area contributed by atoms with E-state index in [1.54, 1.807) is 18.2 Å².